The lowest BCUT2D eigenvalue weighted by atomic mass is 10.0. The molecule has 1 saturated carbocycles. The summed E-state index contributed by atoms with van der Waals surface area (Å²) in [5, 5.41) is 12.0. The highest BCUT2D eigenvalue weighted by atomic mass is 16.4. The third-order valence-electron chi connectivity index (χ3n) is 4.66. The molecule has 2 fully saturated rings. The van der Waals surface area contributed by atoms with Gasteiger partial charge in [-0.2, -0.15) is 0 Å². The second-order valence-electron chi connectivity index (χ2n) is 6.53. The van der Waals surface area contributed by atoms with Gasteiger partial charge in [0.2, 0.25) is 11.7 Å². The highest BCUT2D eigenvalue weighted by molar-refractivity contribution is 6.35. The van der Waals surface area contributed by atoms with Crippen LogP contribution in [0.5, 0.6) is 0 Å². The smallest absolute Gasteiger partial charge is 0.329 e. The van der Waals surface area contributed by atoms with Gasteiger partial charge in [-0.25, -0.2) is 4.79 Å². The van der Waals surface area contributed by atoms with Gasteiger partial charge in [-0.3, -0.25) is 14.4 Å². The van der Waals surface area contributed by atoms with E-state index in [1.807, 2.05) is 13.8 Å². The molecule has 0 aromatic heterocycles. The normalized spacial score (nSPS) is 30.3. The number of carboxylic acids is 1. The minimum absolute atomic E-state index is 0.104. The van der Waals surface area contributed by atoms with E-state index in [9.17, 15) is 24.3 Å². The first-order valence-corrected chi connectivity index (χ1v) is 7.57. The summed E-state index contributed by atoms with van der Waals surface area (Å²) < 4.78 is 0. The lowest BCUT2D eigenvalue weighted by Gasteiger charge is -2.25. The van der Waals surface area contributed by atoms with Gasteiger partial charge in [-0.1, -0.05) is 13.8 Å². The number of nitrogens with one attached hydrogen (secondary N) is 1. The molecule has 1 aliphatic heterocycles. The Bertz CT molecular complexity index is 530. The fourth-order valence-electron chi connectivity index (χ4n) is 3.32. The zero-order valence-corrected chi connectivity index (χ0v) is 13.1. The Labute approximate surface area is 129 Å². The molecule has 22 heavy (non-hydrogen) atoms. The van der Waals surface area contributed by atoms with Crippen LogP contribution in [-0.4, -0.2) is 51.7 Å². The molecule has 0 bridgehead atoms. The number of carbonyl (C=O) groups excluding carboxylic acids is 3. The summed E-state index contributed by atoms with van der Waals surface area (Å²) in [6, 6.07) is -0.749. The molecule has 122 valence electrons. The maximum atomic E-state index is 12.4. The van der Waals surface area contributed by atoms with E-state index < -0.39 is 35.1 Å². The van der Waals surface area contributed by atoms with Gasteiger partial charge in [0.05, 0.1) is 0 Å². The van der Waals surface area contributed by atoms with Crippen molar-refractivity contribution in [3.8, 4) is 0 Å². The molecule has 1 heterocycles. The lowest BCUT2D eigenvalue weighted by molar-refractivity contribution is -0.148. The Hall–Kier alpha value is -1.92. The standard InChI is InChI=1S/C15H22N2O5/c1-8(2)10-7-15(10,14(21)22)16-12(19)11-5-4-6-17(11)13(20)9(3)18/h8,10-11H,4-7H2,1-3H3,(H,16,19)(H,21,22)/t10-,11+,15+/m1/s1. The third-order valence-corrected chi connectivity index (χ3v) is 4.66. The third kappa shape index (κ3) is 2.71. The van der Waals surface area contributed by atoms with E-state index in [0.29, 0.717) is 25.8 Å². The second kappa shape index (κ2) is 5.70. The number of hydrogen-bond donors (Lipinski definition) is 2. The van der Waals surface area contributed by atoms with Crippen LogP contribution in [0.4, 0.5) is 0 Å². The van der Waals surface area contributed by atoms with Crippen LogP contribution in [0.3, 0.4) is 0 Å². The number of nitrogens with zero attached hydrogens (tertiary/aromatic N) is 1. The van der Waals surface area contributed by atoms with Crippen molar-refractivity contribution in [3.05, 3.63) is 0 Å². The van der Waals surface area contributed by atoms with Crippen LogP contribution in [0.25, 0.3) is 0 Å². The minimum atomic E-state index is -1.22. The summed E-state index contributed by atoms with van der Waals surface area (Å²) in [6.07, 6.45) is 1.48. The summed E-state index contributed by atoms with van der Waals surface area (Å²) in [6.45, 7) is 5.36. The molecule has 7 nitrogen and oxygen atoms in total. The molecule has 1 aliphatic carbocycles. The number of Topliss-reactive ketones (excluding diaryl/α,β-unsaturated/α-hetero) is 1. The van der Waals surface area contributed by atoms with E-state index >= 15 is 0 Å². The number of carbonyl (C=O) groups is 4. The zero-order chi connectivity index (χ0) is 16.7. The fraction of sp³-hybridized carbons (Fsp3) is 0.733. The minimum Gasteiger partial charge on any atom is -0.479 e. The van der Waals surface area contributed by atoms with E-state index in [4.69, 9.17) is 0 Å². The second-order valence-corrected chi connectivity index (χ2v) is 6.53. The fourth-order valence-corrected chi connectivity index (χ4v) is 3.32. The van der Waals surface area contributed by atoms with Crippen molar-refractivity contribution in [1.29, 1.82) is 0 Å². The summed E-state index contributed by atoms with van der Waals surface area (Å²) in [5.74, 6) is -2.76. The van der Waals surface area contributed by atoms with Gasteiger partial charge in [0.1, 0.15) is 11.6 Å². The van der Waals surface area contributed by atoms with Crippen molar-refractivity contribution in [1.82, 2.24) is 10.2 Å². The summed E-state index contributed by atoms with van der Waals surface area (Å²) in [4.78, 5) is 48.3. The van der Waals surface area contributed by atoms with Crippen LogP contribution in [0.1, 0.15) is 40.0 Å². The van der Waals surface area contributed by atoms with Gasteiger partial charge in [-0.15, -0.1) is 0 Å². The molecule has 2 amide bonds. The molecule has 0 radical (unpaired) electrons. The van der Waals surface area contributed by atoms with Crippen LogP contribution < -0.4 is 5.32 Å². The van der Waals surface area contributed by atoms with Gasteiger partial charge in [0.25, 0.3) is 5.91 Å². The number of aliphatic carboxylic acids is 1. The van der Waals surface area contributed by atoms with E-state index in [1.165, 1.54) is 11.8 Å². The molecule has 2 aliphatic rings. The van der Waals surface area contributed by atoms with E-state index in [2.05, 4.69) is 5.32 Å². The molecule has 2 N–H and O–H groups in total. The molecule has 0 unspecified atom stereocenters. The Morgan fingerprint density at radius 2 is 1.91 bits per heavy atom. The average molecular weight is 310 g/mol. The Morgan fingerprint density at radius 3 is 2.36 bits per heavy atom. The van der Waals surface area contributed by atoms with Crippen molar-refractivity contribution in [2.45, 2.75) is 51.6 Å². The maximum Gasteiger partial charge on any atom is 0.329 e. The summed E-state index contributed by atoms with van der Waals surface area (Å²) >= 11 is 0. The first-order chi connectivity index (χ1) is 10.2. The predicted molar refractivity (Wildman–Crippen MR) is 76.9 cm³/mol. The van der Waals surface area contributed by atoms with Crippen molar-refractivity contribution in [2.75, 3.05) is 6.54 Å². The maximum absolute atomic E-state index is 12.4. The first kappa shape index (κ1) is 16.5. The quantitative estimate of drug-likeness (QED) is 0.705. The van der Waals surface area contributed by atoms with Crippen molar-refractivity contribution < 1.29 is 24.3 Å². The molecule has 0 spiro atoms. The summed E-state index contributed by atoms with van der Waals surface area (Å²) in [7, 11) is 0. The molecule has 0 aromatic rings. The number of hydrogen-bond acceptors (Lipinski definition) is 4. The Morgan fingerprint density at radius 1 is 1.27 bits per heavy atom. The molecule has 7 heteroatoms. The van der Waals surface area contributed by atoms with Crippen molar-refractivity contribution in [3.63, 3.8) is 0 Å². The van der Waals surface area contributed by atoms with Gasteiger partial charge >= 0.3 is 5.97 Å². The van der Waals surface area contributed by atoms with Crippen LogP contribution in [0, 0.1) is 11.8 Å². The largest absolute Gasteiger partial charge is 0.479 e. The van der Waals surface area contributed by atoms with E-state index in [1.54, 1.807) is 0 Å². The molecule has 2 rings (SSSR count). The van der Waals surface area contributed by atoms with Crippen molar-refractivity contribution in [2.24, 2.45) is 11.8 Å². The first-order valence-electron chi connectivity index (χ1n) is 7.57. The van der Waals surface area contributed by atoms with Crippen LogP contribution in [0.15, 0.2) is 0 Å². The SMILES string of the molecule is CC(=O)C(=O)N1CCC[C@H]1C(=O)N[C@@]1(C(=O)O)C[C@@H]1C(C)C. The molecule has 1 saturated heterocycles. The van der Waals surface area contributed by atoms with E-state index in [-0.39, 0.29) is 11.8 Å². The number of rotatable bonds is 5. The number of amides is 2. The lowest BCUT2D eigenvalue weighted by Crippen LogP contribution is -2.54. The van der Waals surface area contributed by atoms with Gasteiger partial charge in [0.15, 0.2) is 0 Å². The van der Waals surface area contributed by atoms with Crippen LogP contribution in [0.2, 0.25) is 0 Å². The number of ketones is 1. The zero-order valence-electron chi connectivity index (χ0n) is 13.1. The van der Waals surface area contributed by atoms with Gasteiger partial charge in [-0.05, 0) is 31.1 Å². The predicted octanol–water partition coefficient (Wildman–Crippen LogP) is 0.182. The molecule has 0 aromatic carbocycles. The molecular formula is C15H22N2O5. The molecular weight excluding hydrogens is 288 g/mol. The highest BCUT2D eigenvalue weighted by Crippen LogP contribution is 2.48. The van der Waals surface area contributed by atoms with Crippen molar-refractivity contribution >= 4 is 23.6 Å². The Balaban J connectivity index is 2.10. The molecule has 3 atom stereocenters. The van der Waals surface area contributed by atoms with Crippen LogP contribution >= 0.6 is 0 Å². The number of carboxylic acid groups (broad SMARTS) is 1. The average Bonchev–Trinajstić information content (AvgIpc) is 2.96. The van der Waals surface area contributed by atoms with Crippen LogP contribution in [-0.2, 0) is 19.2 Å². The summed E-state index contributed by atoms with van der Waals surface area (Å²) in [5.41, 5.74) is -1.22. The highest BCUT2D eigenvalue weighted by Gasteiger charge is 2.63. The number of likely N-dealkylation sites (tertiary alicyclic amines) is 1. The van der Waals surface area contributed by atoms with E-state index in [0.717, 1.165) is 0 Å². The van der Waals surface area contributed by atoms with Gasteiger partial charge in [0, 0.05) is 13.5 Å². The monoisotopic (exact) mass is 310 g/mol. The Kier molecular flexibility index (Phi) is 4.26. The topological polar surface area (TPSA) is 104 Å². The van der Waals surface area contributed by atoms with Gasteiger partial charge < -0.3 is 15.3 Å².